The van der Waals surface area contributed by atoms with Crippen molar-refractivity contribution in [1.82, 2.24) is 0 Å². The monoisotopic (exact) mass is 440 g/mol. The van der Waals surface area contributed by atoms with Crippen LogP contribution in [-0.2, 0) is 0 Å². The average Bonchev–Trinajstić information content (AvgIpc) is 2.76. The van der Waals surface area contributed by atoms with Crippen LogP contribution >= 0.6 is 0 Å². The van der Waals surface area contributed by atoms with Gasteiger partial charge in [-0.1, -0.05) is 30.3 Å². The molecule has 0 bridgehead atoms. The minimum Gasteiger partial charge on any atom is -0.508 e. The Hall–Kier alpha value is -4.72. The fourth-order valence-corrected chi connectivity index (χ4v) is 1.87. The van der Waals surface area contributed by atoms with Crippen LogP contribution in [0.4, 0.5) is 0 Å². The fraction of sp³-hybridized carbons (Fsp3) is 0. The van der Waals surface area contributed by atoms with Crippen LogP contribution in [0.3, 0.4) is 0 Å². The van der Waals surface area contributed by atoms with Crippen LogP contribution in [-0.4, -0.2) is 40.9 Å². The number of hydrogen-bond acceptors (Lipinski definition) is 8. The zero-order valence-corrected chi connectivity index (χ0v) is 16.8. The molecule has 0 aliphatic heterocycles. The number of phenols is 8. The molecule has 0 aliphatic carbocycles. The highest BCUT2D eigenvalue weighted by molar-refractivity contribution is 5.36. The quantitative estimate of drug-likeness (QED) is 0.147. The summed E-state index contributed by atoms with van der Waals surface area (Å²) in [6.07, 6.45) is 0. The summed E-state index contributed by atoms with van der Waals surface area (Å²) >= 11 is 0. The summed E-state index contributed by atoms with van der Waals surface area (Å²) in [5, 5.41) is 69.3. The number of aromatic hydroxyl groups is 8. The molecule has 0 heterocycles. The average molecular weight is 440 g/mol. The van der Waals surface area contributed by atoms with Gasteiger partial charge in [0.1, 0.15) is 23.0 Å². The van der Waals surface area contributed by atoms with Crippen molar-refractivity contribution in [2.75, 3.05) is 0 Å². The number of hydrogen-bond donors (Lipinski definition) is 8. The van der Waals surface area contributed by atoms with Crippen LogP contribution in [0.5, 0.6) is 46.0 Å². The molecule has 0 spiro atoms. The highest BCUT2D eigenvalue weighted by Gasteiger charge is 1.91. The van der Waals surface area contributed by atoms with Gasteiger partial charge in [0.15, 0.2) is 23.0 Å². The van der Waals surface area contributed by atoms with E-state index in [4.69, 9.17) is 40.9 Å². The molecule has 32 heavy (non-hydrogen) atoms. The summed E-state index contributed by atoms with van der Waals surface area (Å²) in [4.78, 5) is 0. The highest BCUT2D eigenvalue weighted by Crippen LogP contribution is 2.22. The van der Waals surface area contributed by atoms with Gasteiger partial charge in [0.25, 0.3) is 0 Å². The molecular formula is C24H24O8. The third kappa shape index (κ3) is 10.7. The molecule has 168 valence electrons. The standard InChI is InChI=1S/4C6H6O2/c7-5-1-2-6(8)4-3-5;7-5-2-1-3-6(8)4-5;2*7-5-3-1-2-4-6(5)8/h4*1-4,7-8H. The normalized spacial score (nSPS) is 9.00. The SMILES string of the molecule is Oc1ccc(O)cc1.Oc1cccc(O)c1.Oc1ccccc1O.Oc1ccccc1O. The first-order chi connectivity index (χ1) is 15.2. The van der Waals surface area contributed by atoms with Crippen LogP contribution in [0.1, 0.15) is 0 Å². The molecule has 4 aromatic rings. The van der Waals surface area contributed by atoms with Gasteiger partial charge in [-0.25, -0.2) is 0 Å². The predicted molar refractivity (Wildman–Crippen MR) is 119 cm³/mol. The second-order valence-electron chi connectivity index (χ2n) is 6.01. The first-order valence-corrected chi connectivity index (χ1v) is 9.09. The van der Waals surface area contributed by atoms with Crippen molar-refractivity contribution in [2.24, 2.45) is 0 Å². The van der Waals surface area contributed by atoms with Crippen LogP contribution in [0.2, 0.25) is 0 Å². The van der Waals surface area contributed by atoms with E-state index in [1.54, 1.807) is 30.3 Å². The van der Waals surface area contributed by atoms with E-state index in [-0.39, 0.29) is 46.0 Å². The molecule has 0 radical (unpaired) electrons. The van der Waals surface area contributed by atoms with Crippen LogP contribution < -0.4 is 0 Å². The second kappa shape index (κ2) is 13.5. The largest absolute Gasteiger partial charge is 0.508 e. The van der Waals surface area contributed by atoms with Crippen LogP contribution in [0.25, 0.3) is 0 Å². The number of benzene rings is 4. The van der Waals surface area contributed by atoms with Crippen LogP contribution in [0, 0.1) is 0 Å². The summed E-state index contributed by atoms with van der Waals surface area (Å²) in [5.74, 6) is 0.209. The van der Waals surface area contributed by atoms with Crippen LogP contribution in [0.15, 0.2) is 97.1 Å². The third-order valence-electron chi connectivity index (χ3n) is 3.44. The van der Waals surface area contributed by atoms with Gasteiger partial charge in [-0.3, -0.25) is 0 Å². The van der Waals surface area contributed by atoms with E-state index in [0.717, 1.165) is 0 Å². The zero-order valence-electron chi connectivity index (χ0n) is 16.8. The third-order valence-corrected chi connectivity index (χ3v) is 3.44. The van der Waals surface area contributed by atoms with E-state index >= 15 is 0 Å². The molecule has 0 amide bonds. The molecule has 0 aromatic heterocycles. The van der Waals surface area contributed by atoms with E-state index in [0.29, 0.717) is 0 Å². The van der Waals surface area contributed by atoms with Gasteiger partial charge in [0, 0.05) is 6.07 Å². The summed E-state index contributed by atoms with van der Waals surface area (Å²) in [5.41, 5.74) is 0. The summed E-state index contributed by atoms with van der Waals surface area (Å²) < 4.78 is 0. The lowest BCUT2D eigenvalue weighted by molar-refractivity contribution is 0.404. The Morgan fingerprint density at radius 1 is 0.281 bits per heavy atom. The van der Waals surface area contributed by atoms with E-state index in [9.17, 15) is 0 Å². The maximum atomic E-state index is 8.67. The lowest BCUT2D eigenvalue weighted by atomic mass is 10.3. The minimum atomic E-state index is -0.0764. The smallest absolute Gasteiger partial charge is 0.157 e. The first-order valence-electron chi connectivity index (χ1n) is 9.09. The van der Waals surface area contributed by atoms with Gasteiger partial charge < -0.3 is 40.9 Å². The van der Waals surface area contributed by atoms with E-state index < -0.39 is 0 Å². The lowest BCUT2D eigenvalue weighted by Crippen LogP contribution is -1.63. The lowest BCUT2D eigenvalue weighted by Gasteiger charge is -1.91. The Labute approximate surface area is 184 Å². The van der Waals surface area contributed by atoms with Crippen molar-refractivity contribution >= 4 is 0 Å². The number of phenolic OH excluding ortho intramolecular Hbond substituents is 8. The van der Waals surface area contributed by atoms with Crippen molar-refractivity contribution < 1.29 is 40.9 Å². The molecule has 0 aliphatic rings. The Morgan fingerprint density at radius 3 is 0.750 bits per heavy atom. The summed E-state index contributed by atoms with van der Waals surface area (Å²) in [7, 11) is 0. The van der Waals surface area contributed by atoms with E-state index in [2.05, 4.69) is 0 Å². The molecule has 4 rings (SSSR count). The van der Waals surface area contributed by atoms with E-state index in [1.807, 2.05) is 0 Å². The Balaban J connectivity index is 0.000000213. The molecule has 0 unspecified atom stereocenters. The van der Waals surface area contributed by atoms with Gasteiger partial charge in [0.05, 0.1) is 0 Å². The van der Waals surface area contributed by atoms with Crippen molar-refractivity contribution in [2.45, 2.75) is 0 Å². The minimum absolute atomic E-state index is 0.0764. The Kier molecular flexibility index (Phi) is 10.7. The van der Waals surface area contributed by atoms with Crippen molar-refractivity contribution in [3.05, 3.63) is 97.1 Å². The Morgan fingerprint density at radius 2 is 0.562 bits per heavy atom. The molecular weight excluding hydrogens is 416 g/mol. The molecule has 8 heteroatoms. The molecule has 4 aromatic carbocycles. The predicted octanol–water partition coefficient (Wildman–Crippen LogP) is 4.39. The maximum absolute atomic E-state index is 8.67. The summed E-state index contributed by atoms with van der Waals surface area (Å²) in [6, 6.07) is 23.9. The number of para-hydroxylation sites is 4. The summed E-state index contributed by atoms with van der Waals surface area (Å²) in [6.45, 7) is 0. The van der Waals surface area contributed by atoms with Gasteiger partial charge in [-0.2, -0.15) is 0 Å². The highest BCUT2D eigenvalue weighted by atomic mass is 16.3. The van der Waals surface area contributed by atoms with Gasteiger partial charge in [-0.15, -0.1) is 0 Å². The van der Waals surface area contributed by atoms with Crippen molar-refractivity contribution in [3.8, 4) is 46.0 Å². The molecule has 8 N–H and O–H groups in total. The van der Waals surface area contributed by atoms with Gasteiger partial charge in [-0.05, 0) is 60.7 Å². The Bertz CT molecular complexity index is 942. The molecule has 0 atom stereocenters. The second-order valence-corrected chi connectivity index (χ2v) is 6.01. The fourth-order valence-electron chi connectivity index (χ4n) is 1.87. The first kappa shape index (κ1) is 25.3. The molecule has 0 fully saturated rings. The molecule has 0 saturated carbocycles. The van der Waals surface area contributed by atoms with E-state index in [1.165, 1.54) is 66.7 Å². The van der Waals surface area contributed by atoms with Gasteiger partial charge >= 0.3 is 0 Å². The molecule has 0 saturated heterocycles. The van der Waals surface area contributed by atoms with Crippen molar-refractivity contribution in [3.63, 3.8) is 0 Å². The maximum Gasteiger partial charge on any atom is 0.157 e. The molecule has 8 nitrogen and oxygen atoms in total. The topological polar surface area (TPSA) is 162 Å². The van der Waals surface area contributed by atoms with Gasteiger partial charge in [0.2, 0.25) is 0 Å². The number of rotatable bonds is 0. The zero-order chi connectivity index (χ0) is 23.9. The van der Waals surface area contributed by atoms with Crippen molar-refractivity contribution in [1.29, 1.82) is 0 Å².